The molecule has 3 heterocycles. The number of nitrogens with zero attached hydrogens (tertiary/aromatic N) is 3. The van der Waals surface area contributed by atoms with Crippen molar-refractivity contribution in [2.45, 2.75) is 30.9 Å². The fourth-order valence-corrected chi connectivity index (χ4v) is 8.13. The van der Waals surface area contributed by atoms with Gasteiger partial charge in [-0.2, -0.15) is 0 Å². The highest BCUT2D eigenvalue weighted by molar-refractivity contribution is 8.30. The van der Waals surface area contributed by atoms with Gasteiger partial charge in [-0.25, -0.2) is 0 Å². The number of carbonyl (C=O) groups excluding carboxylic acids is 1. The first-order valence-corrected chi connectivity index (χ1v) is 14.9. The van der Waals surface area contributed by atoms with Gasteiger partial charge in [0.2, 0.25) is 0 Å². The van der Waals surface area contributed by atoms with Crippen molar-refractivity contribution in [1.82, 2.24) is 9.47 Å². The third kappa shape index (κ3) is 5.83. The zero-order valence-electron chi connectivity index (χ0n) is 20.9. The topological polar surface area (TPSA) is 178 Å². The third-order valence-electron chi connectivity index (χ3n) is 6.34. The van der Waals surface area contributed by atoms with Gasteiger partial charge >= 0.3 is 17.9 Å². The second-order valence-corrected chi connectivity index (χ2v) is 13.0. The van der Waals surface area contributed by atoms with Gasteiger partial charge in [-0.3, -0.25) is 33.4 Å². The molecule has 0 radical (unpaired) electrons. The normalized spacial score (nSPS) is 19.7. The number of carboxylic acid groups (broad SMARTS) is 3. The predicted octanol–water partition coefficient (Wildman–Crippen LogP) is 0.639. The first-order valence-electron chi connectivity index (χ1n) is 12.1. The molecule has 1 aromatic carbocycles. The summed E-state index contributed by atoms with van der Waals surface area (Å²) in [4.78, 5) is 64.7. The molecule has 0 bridgehead atoms. The van der Waals surface area contributed by atoms with Crippen molar-refractivity contribution in [3.63, 3.8) is 0 Å². The summed E-state index contributed by atoms with van der Waals surface area (Å²) in [6, 6.07) is 5.23. The van der Waals surface area contributed by atoms with Crippen LogP contribution in [0, 0.1) is 5.92 Å². The van der Waals surface area contributed by atoms with E-state index in [2.05, 4.69) is 0 Å². The van der Waals surface area contributed by atoms with Crippen LogP contribution in [0.5, 0.6) is 0 Å². The Kier molecular flexibility index (Phi) is 8.11. The van der Waals surface area contributed by atoms with E-state index in [1.807, 2.05) is 0 Å². The lowest BCUT2D eigenvalue weighted by Gasteiger charge is -2.19. The number of carbonyl (C=O) groups is 4. The number of thioether (sulfide) groups is 2. The molecule has 214 valence electrons. The summed E-state index contributed by atoms with van der Waals surface area (Å²) in [6.45, 7) is -1.98. The lowest BCUT2D eigenvalue weighted by molar-refractivity contribution is -0.140. The molecule has 1 aliphatic carbocycles. The van der Waals surface area contributed by atoms with Crippen LogP contribution >= 0.6 is 47.1 Å². The molecule has 3 aliphatic rings. The minimum Gasteiger partial charge on any atom is -0.480 e. The average molecular weight is 636 g/mol. The predicted molar refractivity (Wildman–Crippen MR) is 156 cm³/mol. The minimum absolute atomic E-state index is 0.0168. The van der Waals surface area contributed by atoms with Crippen LogP contribution in [0.2, 0.25) is 0 Å². The zero-order chi connectivity index (χ0) is 29.6. The number of rotatable bonds is 9. The summed E-state index contributed by atoms with van der Waals surface area (Å²) in [6.07, 6.45) is 3.26. The maximum atomic E-state index is 13.7. The zero-order valence-corrected chi connectivity index (χ0v) is 24.2. The van der Waals surface area contributed by atoms with Crippen molar-refractivity contribution < 1.29 is 39.6 Å². The van der Waals surface area contributed by atoms with Gasteiger partial charge in [-0.05, 0) is 48.1 Å². The van der Waals surface area contributed by atoms with Gasteiger partial charge in [-0.15, -0.1) is 11.3 Å². The molecule has 12 nitrogen and oxygen atoms in total. The molecule has 1 amide bonds. The molecule has 1 saturated heterocycles. The van der Waals surface area contributed by atoms with Crippen LogP contribution in [0.1, 0.15) is 18.4 Å². The summed E-state index contributed by atoms with van der Waals surface area (Å²) in [7, 11) is 0. The molecule has 1 aromatic heterocycles. The van der Waals surface area contributed by atoms with Gasteiger partial charge in [0.1, 0.15) is 33.5 Å². The van der Waals surface area contributed by atoms with E-state index in [0.29, 0.717) is 21.9 Å². The molecular weight excluding hydrogens is 615 g/mol. The van der Waals surface area contributed by atoms with Crippen LogP contribution in [0.25, 0.3) is 10.5 Å². The maximum absolute atomic E-state index is 13.7. The first kappa shape index (κ1) is 29.1. The fourth-order valence-electron chi connectivity index (χ4n) is 4.39. The van der Waals surface area contributed by atoms with E-state index in [1.54, 1.807) is 29.2 Å². The van der Waals surface area contributed by atoms with Gasteiger partial charge in [0.05, 0.1) is 21.9 Å². The van der Waals surface area contributed by atoms with Crippen molar-refractivity contribution in [1.29, 1.82) is 0 Å². The van der Waals surface area contributed by atoms with E-state index in [9.17, 15) is 39.3 Å². The quantitative estimate of drug-likeness (QED) is 0.283. The van der Waals surface area contributed by atoms with Gasteiger partial charge in [0.25, 0.3) is 11.5 Å². The molecule has 5 rings (SSSR count). The molecular formula is C25H21N3O9S4. The van der Waals surface area contributed by atoms with E-state index in [1.165, 1.54) is 11.8 Å². The lowest BCUT2D eigenvalue weighted by Crippen LogP contribution is -2.37. The highest BCUT2D eigenvalue weighted by atomic mass is 32.2. The highest BCUT2D eigenvalue weighted by Crippen LogP contribution is 2.48. The third-order valence-corrected chi connectivity index (χ3v) is 10.3. The number of aliphatic hydroxyl groups is 1. The number of allylic oxidation sites excluding steroid dienone is 1. The number of aliphatic hydroxyl groups excluding tert-OH is 1. The van der Waals surface area contributed by atoms with E-state index < -0.39 is 42.5 Å². The Hall–Kier alpha value is -3.44. The standard InChI is InChI=1S/C25H21N3O9S4/c29-10-11-1-4-15-14(5-11)26(7-17(30)31)16(39-15)6-13(12-2-3-12)20-22(36)27(8-18(32)33)24(40-20)21-23(37)28(9-19(34)35)25(38)41-21/h1,4-6,12,29H,2-3,7-10H2,(H,30,31)(H,32,33)(H,34,35). The molecule has 0 atom stereocenters. The Morgan fingerprint density at radius 3 is 2.24 bits per heavy atom. The van der Waals surface area contributed by atoms with Gasteiger partial charge in [0, 0.05) is 4.90 Å². The number of amides is 1. The largest absolute Gasteiger partial charge is 0.480 e. The molecule has 2 fully saturated rings. The van der Waals surface area contributed by atoms with E-state index >= 15 is 0 Å². The molecule has 2 aromatic rings. The van der Waals surface area contributed by atoms with E-state index in [-0.39, 0.29) is 37.5 Å². The molecule has 0 spiro atoms. The Balaban J connectivity index is 1.72. The molecule has 2 aliphatic heterocycles. The summed E-state index contributed by atoms with van der Waals surface area (Å²) in [5, 5.41) is 38.4. The summed E-state index contributed by atoms with van der Waals surface area (Å²) < 4.78 is 1.24. The Morgan fingerprint density at radius 2 is 1.63 bits per heavy atom. The Labute approximate surface area is 248 Å². The maximum Gasteiger partial charge on any atom is 0.323 e. The monoisotopic (exact) mass is 635 g/mol. The number of aliphatic carboxylic acids is 3. The number of thiazole rings is 1. The van der Waals surface area contributed by atoms with Gasteiger partial charge in [0.15, 0.2) is 0 Å². The molecule has 4 N–H and O–H groups in total. The fraction of sp³-hybridized carbons (Fsp3) is 0.280. The summed E-state index contributed by atoms with van der Waals surface area (Å²) >= 11 is 8.23. The number of thiocarbonyl (C=S) groups is 1. The number of hydrogen-bond donors (Lipinski definition) is 4. The van der Waals surface area contributed by atoms with Crippen LogP contribution in [0.3, 0.4) is 0 Å². The van der Waals surface area contributed by atoms with Crippen LogP contribution in [0.4, 0.5) is 5.69 Å². The van der Waals surface area contributed by atoms with E-state index in [4.69, 9.17) is 17.3 Å². The van der Waals surface area contributed by atoms with Crippen LogP contribution in [-0.2, 0) is 32.3 Å². The van der Waals surface area contributed by atoms with Crippen molar-refractivity contribution in [3.8, 4) is 0 Å². The average Bonchev–Trinajstić information content (AvgIpc) is 3.57. The minimum atomic E-state index is -1.31. The number of benzene rings is 1. The number of anilines is 1. The Morgan fingerprint density at radius 1 is 0.976 bits per heavy atom. The summed E-state index contributed by atoms with van der Waals surface area (Å²) in [5.74, 6) is -4.43. The lowest BCUT2D eigenvalue weighted by atomic mass is 10.1. The first-order chi connectivity index (χ1) is 19.5. The number of hydrogen-bond acceptors (Lipinski definition) is 11. The van der Waals surface area contributed by atoms with Gasteiger partial charge < -0.3 is 25.3 Å². The van der Waals surface area contributed by atoms with Gasteiger partial charge in [-0.1, -0.05) is 41.8 Å². The molecule has 41 heavy (non-hydrogen) atoms. The van der Waals surface area contributed by atoms with Crippen LogP contribution in [0.15, 0.2) is 39.0 Å². The second kappa shape index (κ2) is 11.4. The molecule has 1 saturated carbocycles. The number of fused-ring (bicyclic) bond motifs is 1. The number of aromatic nitrogens is 1. The van der Waals surface area contributed by atoms with Crippen LogP contribution < -0.4 is 19.7 Å². The SMILES string of the molecule is O=C(O)CN1C(=O)C(=c2sc(=C(C=C3Sc4ccc(CO)cc4N3CC(=O)O)C3CC3)c(=O)n2CC(=O)O)SC1=S. The van der Waals surface area contributed by atoms with Crippen molar-refractivity contribution >= 4 is 91.4 Å². The van der Waals surface area contributed by atoms with Crippen molar-refractivity contribution in [3.05, 3.63) is 54.4 Å². The van der Waals surface area contributed by atoms with E-state index in [0.717, 1.165) is 50.3 Å². The second-order valence-electron chi connectivity index (χ2n) is 9.26. The molecule has 16 heteroatoms. The molecule has 0 unspecified atom stereocenters. The summed E-state index contributed by atoms with van der Waals surface area (Å²) in [5.41, 5.74) is 1.19. The smallest absolute Gasteiger partial charge is 0.323 e. The Bertz CT molecular complexity index is 1740. The van der Waals surface area contributed by atoms with Crippen LogP contribution in [-0.4, -0.2) is 71.1 Å². The van der Waals surface area contributed by atoms with Crippen molar-refractivity contribution in [2.24, 2.45) is 5.92 Å². The number of carboxylic acids is 3. The van der Waals surface area contributed by atoms with Crippen molar-refractivity contribution in [2.75, 3.05) is 18.0 Å². The highest BCUT2D eigenvalue weighted by Gasteiger charge is 2.36.